The summed E-state index contributed by atoms with van der Waals surface area (Å²) < 4.78 is 10.0. The van der Waals surface area contributed by atoms with Crippen LogP contribution >= 0.6 is 0 Å². The van der Waals surface area contributed by atoms with Gasteiger partial charge >= 0.3 is 6.09 Å². The zero-order valence-electron chi connectivity index (χ0n) is 14.1. The van der Waals surface area contributed by atoms with E-state index in [4.69, 9.17) is 4.74 Å². The number of rotatable bonds is 5. The molecule has 0 atom stereocenters. The molecule has 1 aromatic rings. The molecule has 6 heteroatoms. The molecule has 126 valence electrons. The first-order chi connectivity index (χ1) is 11.1. The van der Waals surface area contributed by atoms with Gasteiger partial charge in [0.25, 0.3) is 0 Å². The number of hydrogen-bond donors (Lipinski definition) is 2. The first-order valence-corrected chi connectivity index (χ1v) is 8.03. The Labute approximate surface area is 137 Å². The summed E-state index contributed by atoms with van der Waals surface area (Å²) in [6, 6.07) is 6.01. The fourth-order valence-electron chi connectivity index (χ4n) is 2.88. The van der Waals surface area contributed by atoms with Crippen molar-refractivity contribution in [1.82, 2.24) is 5.43 Å². The minimum atomic E-state index is -0.573. The van der Waals surface area contributed by atoms with Gasteiger partial charge in [-0.25, -0.2) is 10.2 Å². The first kappa shape index (κ1) is 17.3. The lowest BCUT2D eigenvalue weighted by molar-refractivity contribution is -0.918. The Bertz CT molecular complexity index is 566. The Balaban J connectivity index is 2.15. The molecule has 23 heavy (non-hydrogen) atoms. The van der Waals surface area contributed by atoms with E-state index in [0.29, 0.717) is 0 Å². The molecule has 1 aliphatic heterocycles. The van der Waals surface area contributed by atoms with Crippen molar-refractivity contribution in [3.63, 3.8) is 0 Å². The van der Waals surface area contributed by atoms with E-state index in [1.807, 2.05) is 19.1 Å². The van der Waals surface area contributed by atoms with Gasteiger partial charge in [-0.15, -0.1) is 0 Å². The summed E-state index contributed by atoms with van der Waals surface area (Å²) in [5.74, 6) is 0.903. The molecule has 1 heterocycles. The average Bonchev–Trinajstić information content (AvgIpc) is 2.60. The molecule has 2 N–H and O–H groups in total. The number of nitrogens with one attached hydrogen (secondary N) is 2. The number of carbonyl (C=O) groups excluding carboxylic acids is 1. The Kier molecular flexibility index (Phi) is 6.40. The predicted molar refractivity (Wildman–Crippen MR) is 89.0 cm³/mol. The van der Waals surface area contributed by atoms with Crippen molar-refractivity contribution in [2.24, 2.45) is 5.10 Å². The van der Waals surface area contributed by atoms with Crippen LogP contribution in [-0.2, 0) is 11.3 Å². The van der Waals surface area contributed by atoms with E-state index in [9.17, 15) is 4.79 Å². The highest BCUT2D eigenvalue weighted by molar-refractivity contribution is 5.99. The Morgan fingerprint density at radius 3 is 2.65 bits per heavy atom. The number of carbonyl (C=O) groups is 1. The number of hydrogen-bond acceptors (Lipinski definition) is 4. The molecule has 0 aromatic heterocycles. The molecule has 1 saturated heterocycles. The molecule has 0 bridgehead atoms. The normalized spacial score (nSPS) is 16.0. The lowest BCUT2D eigenvalue weighted by Gasteiger charge is -2.24. The molecule has 2 rings (SSSR count). The van der Waals surface area contributed by atoms with Crippen molar-refractivity contribution in [2.75, 3.05) is 27.3 Å². The molecule has 1 aromatic carbocycles. The number of methoxy groups -OCH3 is 2. The molecular weight excluding hydrogens is 294 g/mol. The highest BCUT2D eigenvalue weighted by atomic mass is 16.5. The summed E-state index contributed by atoms with van der Waals surface area (Å²) in [6.07, 6.45) is 3.35. The zero-order chi connectivity index (χ0) is 16.7. The van der Waals surface area contributed by atoms with Gasteiger partial charge in [0, 0.05) is 5.56 Å². The molecular formula is C17H26N3O3+. The number of hydrazone groups is 1. The van der Waals surface area contributed by atoms with Crippen LogP contribution < -0.4 is 15.1 Å². The predicted octanol–water partition coefficient (Wildman–Crippen LogP) is 1.34. The highest BCUT2D eigenvalue weighted by Gasteiger charge is 2.17. The van der Waals surface area contributed by atoms with Gasteiger partial charge in [-0.1, -0.05) is 0 Å². The largest absolute Gasteiger partial charge is 0.496 e. The molecule has 0 radical (unpaired) electrons. The third-order valence-electron chi connectivity index (χ3n) is 4.20. The van der Waals surface area contributed by atoms with Gasteiger partial charge in [0.1, 0.15) is 12.3 Å². The number of benzene rings is 1. The van der Waals surface area contributed by atoms with E-state index in [-0.39, 0.29) is 0 Å². The summed E-state index contributed by atoms with van der Waals surface area (Å²) in [5, 5.41) is 4.05. The van der Waals surface area contributed by atoms with Crippen molar-refractivity contribution in [3.05, 3.63) is 29.3 Å². The van der Waals surface area contributed by atoms with E-state index in [1.54, 1.807) is 12.0 Å². The van der Waals surface area contributed by atoms with E-state index >= 15 is 0 Å². The van der Waals surface area contributed by atoms with E-state index in [1.165, 1.54) is 45.0 Å². The van der Waals surface area contributed by atoms with Crippen molar-refractivity contribution >= 4 is 11.8 Å². The first-order valence-electron chi connectivity index (χ1n) is 8.03. The van der Waals surface area contributed by atoms with E-state index in [2.05, 4.69) is 21.3 Å². The van der Waals surface area contributed by atoms with Gasteiger partial charge in [0.15, 0.2) is 0 Å². The fourth-order valence-corrected chi connectivity index (χ4v) is 2.88. The van der Waals surface area contributed by atoms with Crippen LogP contribution in [0.3, 0.4) is 0 Å². The summed E-state index contributed by atoms with van der Waals surface area (Å²) >= 11 is 0. The van der Waals surface area contributed by atoms with Crippen molar-refractivity contribution in [2.45, 2.75) is 32.7 Å². The molecule has 0 aliphatic carbocycles. The molecule has 1 aliphatic rings. The minimum absolute atomic E-state index is 0.573. The Morgan fingerprint density at radius 2 is 2.00 bits per heavy atom. The second-order valence-electron chi connectivity index (χ2n) is 5.81. The number of likely N-dealkylation sites (tertiary alicyclic amines) is 1. The zero-order valence-corrected chi connectivity index (χ0v) is 14.1. The monoisotopic (exact) mass is 320 g/mol. The van der Waals surface area contributed by atoms with Crippen LogP contribution in [0.1, 0.15) is 37.3 Å². The average molecular weight is 320 g/mol. The third-order valence-corrected chi connectivity index (χ3v) is 4.20. The van der Waals surface area contributed by atoms with Crippen molar-refractivity contribution < 1.29 is 19.2 Å². The second kappa shape index (κ2) is 8.53. The summed E-state index contributed by atoms with van der Waals surface area (Å²) in [6.45, 7) is 5.23. The SMILES string of the molecule is COC(=O)N/N=C(/C)c1ccc(OC)c(C[NH+]2CCCCC2)c1. The standard InChI is InChI=1S/C17H25N3O3/c1-13(18-19-17(21)23-3)14-7-8-16(22-2)15(11-14)12-20-9-5-4-6-10-20/h7-8,11H,4-6,9-10,12H2,1-3H3,(H,19,21)/p+1/b18-13-. The molecule has 1 amide bonds. The number of quaternary nitrogens is 1. The van der Waals surface area contributed by atoms with E-state index in [0.717, 1.165) is 23.6 Å². The lowest BCUT2D eigenvalue weighted by Crippen LogP contribution is -3.11. The van der Waals surface area contributed by atoms with Crippen LogP contribution in [-0.4, -0.2) is 39.1 Å². The topological polar surface area (TPSA) is 64.4 Å². The highest BCUT2D eigenvalue weighted by Crippen LogP contribution is 2.20. The number of amides is 1. The van der Waals surface area contributed by atoms with E-state index < -0.39 is 6.09 Å². The van der Waals surface area contributed by atoms with Gasteiger partial charge < -0.3 is 14.4 Å². The number of ether oxygens (including phenoxy) is 2. The maximum Gasteiger partial charge on any atom is 0.427 e. The van der Waals surface area contributed by atoms with Crippen LogP contribution in [0.2, 0.25) is 0 Å². The molecule has 1 fully saturated rings. The lowest BCUT2D eigenvalue weighted by atomic mass is 10.0. The van der Waals surface area contributed by atoms with Gasteiger partial charge in [-0.2, -0.15) is 5.10 Å². The summed E-state index contributed by atoms with van der Waals surface area (Å²) in [7, 11) is 3.01. The third kappa shape index (κ3) is 4.96. The Morgan fingerprint density at radius 1 is 1.26 bits per heavy atom. The molecule has 0 saturated carbocycles. The quantitative estimate of drug-likeness (QED) is 0.636. The van der Waals surface area contributed by atoms with Crippen LogP contribution in [0.15, 0.2) is 23.3 Å². The van der Waals surface area contributed by atoms with Gasteiger partial charge in [0.2, 0.25) is 0 Å². The van der Waals surface area contributed by atoms with Crippen LogP contribution in [0.25, 0.3) is 0 Å². The summed E-state index contributed by atoms with van der Waals surface area (Å²) in [4.78, 5) is 12.7. The van der Waals surface area contributed by atoms with Crippen LogP contribution in [0.5, 0.6) is 5.75 Å². The number of nitrogens with zero attached hydrogens (tertiary/aromatic N) is 1. The Hall–Kier alpha value is -2.08. The van der Waals surface area contributed by atoms with Gasteiger partial charge in [-0.3, -0.25) is 0 Å². The van der Waals surface area contributed by atoms with Gasteiger partial charge in [0.05, 0.1) is 33.0 Å². The molecule has 6 nitrogen and oxygen atoms in total. The molecule has 0 spiro atoms. The van der Waals surface area contributed by atoms with Gasteiger partial charge in [-0.05, 0) is 49.9 Å². The number of piperidine rings is 1. The maximum absolute atomic E-state index is 11.1. The molecule has 0 unspecified atom stereocenters. The fraction of sp³-hybridized carbons (Fsp3) is 0.529. The maximum atomic E-state index is 11.1. The minimum Gasteiger partial charge on any atom is -0.496 e. The van der Waals surface area contributed by atoms with Crippen molar-refractivity contribution in [3.8, 4) is 5.75 Å². The second-order valence-corrected chi connectivity index (χ2v) is 5.81. The van der Waals surface area contributed by atoms with Crippen molar-refractivity contribution in [1.29, 1.82) is 0 Å². The summed E-state index contributed by atoms with van der Waals surface area (Å²) in [5.41, 5.74) is 5.22. The van der Waals surface area contributed by atoms with Crippen LogP contribution in [0, 0.1) is 0 Å². The van der Waals surface area contributed by atoms with Crippen LogP contribution in [0.4, 0.5) is 4.79 Å². The smallest absolute Gasteiger partial charge is 0.427 e.